The van der Waals surface area contributed by atoms with Gasteiger partial charge in [-0.05, 0) is 24.7 Å². The lowest BCUT2D eigenvalue weighted by Crippen LogP contribution is -2.20. The molecule has 1 N–H and O–H groups in total. The molecule has 0 aliphatic heterocycles. The summed E-state index contributed by atoms with van der Waals surface area (Å²) in [6.45, 7) is 0.326. The van der Waals surface area contributed by atoms with Crippen molar-refractivity contribution in [1.82, 2.24) is 0 Å². The minimum atomic E-state index is 0.125. The number of rotatable bonds is 1. The van der Waals surface area contributed by atoms with E-state index in [0.717, 1.165) is 0 Å². The third-order valence-corrected chi connectivity index (χ3v) is 4.88. The number of aliphatic hydroxyl groups excluding tert-OH is 1. The van der Waals surface area contributed by atoms with E-state index in [2.05, 4.69) is 15.9 Å². The van der Waals surface area contributed by atoms with E-state index in [1.807, 2.05) is 0 Å². The van der Waals surface area contributed by atoms with Gasteiger partial charge in [-0.25, -0.2) is 0 Å². The van der Waals surface area contributed by atoms with Crippen LogP contribution in [0, 0.1) is 5.41 Å². The molecule has 2 saturated carbocycles. The summed E-state index contributed by atoms with van der Waals surface area (Å²) in [5.41, 5.74) is 0.500. The molecule has 0 unspecified atom stereocenters. The molecule has 2 aliphatic carbocycles. The van der Waals surface area contributed by atoms with Gasteiger partial charge in [0.25, 0.3) is 0 Å². The van der Waals surface area contributed by atoms with E-state index >= 15 is 0 Å². The Bertz CT molecular complexity index is 157. The van der Waals surface area contributed by atoms with E-state index in [9.17, 15) is 0 Å². The maximum absolute atomic E-state index is 9.14. The Labute approximate surface area is 76.3 Å². The van der Waals surface area contributed by atoms with Crippen LogP contribution in [0.15, 0.2) is 0 Å². The fourth-order valence-electron chi connectivity index (χ4n) is 2.57. The lowest BCUT2D eigenvalue weighted by atomic mass is 9.84. The summed E-state index contributed by atoms with van der Waals surface area (Å²) in [5, 5.41) is 9.14. The maximum Gasteiger partial charge on any atom is 0.0590 e. The highest BCUT2D eigenvalue weighted by Gasteiger charge is 2.64. The molecule has 1 nitrogen and oxygen atoms in total. The van der Waals surface area contributed by atoms with Crippen molar-refractivity contribution in [2.75, 3.05) is 6.61 Å². The Morgan fingerprint density at radius 2 is 1.82 bits per heavy atom. The van der Waals surface area contributed by atoms with Crippen LogP contribution in [-0.4, -0.2) is 16.0 Å². The average Bonchev–Trinajstić information content (AvgIpc) is 2.59. The van der Waals surface area contributed by atoms with Gasteiger partial charge in [-0.15, -0.1) is 0 Å². The van der Waals surface area contributed by atoms with Gasteiger partial charge in [0.05, 0.1) is 10.9 Å². The molecule has 2 heteroatoms. The van der Waals surface area contributed by atoms with Crippen molar-refractivity contribution >= 4 is 15.9 Å². The van der Waals surface area contributed by atoms with Crippen LogP contribution in [0.5, 0.6) is 0 Å². The van der Waals surface area contributed by atoms with Gasteiger partial charge < -0.3 is 5.11 Å². The molecule has 0 saturated heterocycles. The van der Waals surface area contributed by atoms with Crippen LogP contribution >= 0.6 is 15.9 Å². The van der Waals surface area contributed by atoms with Crippen molar-refractivity contribution in [3.05, 3.63) is 0 Å². The summed E-state index contributed by atoms with van der Waals surface area (Å²) < 4.78 is 0.125. The van der Waals surface area contributed by atoms with Crippen LogP contribution < -0.4 is 0 Å². The standard InChI is InChI=1S/C9H15BrO/c10-9(7-11)6-8(9)4-2-1-3-5-8/h11H,1-7H2/t9-/m1/s1. The van der Waals surface area contributed by atoms with Crippen molar-refractivity contribution < 1.29 is 5.11 Å². The molecule has 0 amide bonds. The Balaban J connectivity index is 2.03. The van der Waals surface area contributed by atoms with E-state index in [1.165, 1.54) is 38.5 Å². The zero-order chi connectivity index (χ0) is 7.95. The third kappa shape index (κ3) is 1.06. The van der Waals surface area contributed by atoms with Crippen molar-refractivity contribution in [2.24, 2.45) is 5.41 Å². The van der Waals surface area contributed by atoms with E-state index in [-0.39, 0.29) is 4.32 Å². The maximum atomic E-state index is 9.14. The predicted octanol–water partition coefficient (Wildman–Crippen LogP) is 2.47. The molecule has 0 radical (unpaired) electrons. The highest BCUT2D eigenvalue weighted by atomic mass is 79.9. The molecular formula is C9H15BrO. The number of halogens is 1. The fourth-order valence-corrected chi connectivity index (χ4v) is 3.50. The van der Waals surface area contributed by atoms with E-state index < -0.39 is 0 Å². The van der Waals surface area contributed by atoms with Crippen molar-refractivity contribution in [1.29, 1.82) is 0 Å². The lowest BCUT2D eigenvalue weighted by molar-refractivity contribution is 0.240. The van der Waals surface area contributed by atoms with Gasteiger partial charge in [-0.2, -0.15) is 0 Å². The number of alkyl halides is 1. The van der Waals surface area contributed by atoms with Crippen LogP contribution in [0.3, 0.4) is 0 Å². The fraction of sp³-hybridized carbons (Fsp3) is 1.00. The van der Waals surface area contributed by atoms with Crippen LogP contribution in [-0.2, 0) is 0 Å². The molecule has 0 aromatic heterocycles. The first-order chi connectivity index (χ1) is 5.22. The SMILES string of the molecule is OC[C@]1(Br)CC12CCCCC2. The van der Waals surface area contributed by atoms with E-state index in [0.29, 0.717) is 12.0 Å². The Morgan fingerprint density at radius 1 is 1.18 bits per heavy atom. The van der Waals surface area contributed by atoms with Gasteiger partial charge in [-0.1, -0.05) is 35.2 Å². The highest BCUT2D eigenvalue weighted by molar-refractivity contribution is 9.10. The van der Waals surface area contributed by atoms with Crippen molar-refractivity contribution in [3.8, 4) is 0 Å². The third-order valence-electron chi connectivity index (χ3n) is 3.51. The minimum Gasteiger partial charge on any atom is -0.395 e. The molecular weight excluding hydrogens is 204 g/mol. The molecule has 2 fully saturated rings. The monoisotopic (exact) mass is 218 g/mol. The summed E-state index contributed by atoms with van der Waals surface area (Å²) in [6.07, 6.45) is 8.01. The van der Waals surface area contributed by atoms with Gasteiger partial charge in [0, 0.05) is 0 Å². The second-order valence-corrected chi connectivity index (χ2v) is 5.66. The molecule has 2 rings (SSSR count). The number of aliphatic hydroxyl groups is 1. The lowest BCUT2D eigenvalue weighted by Gasteiger charge is -2.24. The molecule has 1 spiro atoms. The number of hydrogen-bond acceptors (Lipinski definition) is 1. The molecule has 0 heterocycles. The quantitative estimate of drug-likeness (QED) is 0.671. The molecule has 2 aliphatic rings. The Kier molecular flexibility index (Phi) is 1.80. The summed E-state index contributed by atoms with van der Waals surface area (Å²) in [4.78, 5) is 0. The van der Waals surface area contributed by atoms with Gasteiger partial charge in [0.1, 0.15) is 0 Å². The van der Waals surface area contributed by atoms with E-state index in [4.69, 9.17) is 5.11 Å². The van der Waals surface area contributed by atoms with Gasteiger partial charge >= 0.3 is 0 Å². The minimum absolute atomic E-state index is 0.125. The van der Waals surface area contributed by atoms with Crippen molar-refractivity contribution in [2.45, 2.75) is 42.8 Å². The van der Waals surface area contributed by atoms with Gasteiger partial charge in [0.2, 0.25) is 0 Å². The highest BCUT2D eigenvalue weighted by Crippen LogP contribution is 2.68. The largest absolute Gasteiger partial charge is 0.395 e. The average molecular weight is 219 g/mol. The summed E-state index contributed by atoms with van der Waals surface area (Å²) >= 11 is 3.66. The number of hydrogen-bond donors (Lipinski definition) is 1. The van der Waals surface area contributed by atoms with Crippen LogP contribution in [0.1, 0.15) is 38.5 Å². The molecule has 1 atom stereocenters. The van der Waals surface area contributed by atoms with Crippen LogP contribution in [0.25, 0.3) is 0 Å². The summed E-state index contributed by atoms with van der Waals surface area (Å²) in [5.74, 6) is 0. The predicted molar refractivity (Wildman–Crippen MR) is 48.9 cm³/mol. The van der Waals surface area contributed by atoms with Gasteiger partial charge in [-0.3, -0.25) is 0 Å². The first-order valence-corrected chi connectivity index (χ1v) is 5.32. The molecule has 0 aromatic rings. The normalized spacial score (nSPS) is 40.9. The zero-order valence-corrected chi connectivity index (χ0v) is 8.36. The molecule has 11 heavy (non-hydrogen) atoms. The smallest absolute Gasteiger partial charge is 0.0590 e. The second kappa shape index (κ2) is 2.46. The second-order valence-electron chi connectivity index (χ2n) is 4.14. The van der Waals surface area contributed by atoms with Crippen molar-refractivity contribution in [3.63, 3.8) is 0 Å². The first-order valence-electron chi connectivity index (χ1n) is 4.52. The summed E-state index contributed by atoms with van der Waals surface area (Å²) in [6, 6.07) is 0. The summed E-state index contributed by atoms with van der Waals surface area (Å²) in [7, 11) is 0. The van der Waals surface area contributed by atoms with Crippen LogP contribution in [0.2, 0.25) is 0 Å². The molecule has 64 valence electrons. The molecule has 0 aromatic carbocycles. The topological polar surface area (TPSA) is 20.2 Å². The molecule has 0 bridgehead atoms. The van der Waals surface area contributed by atoms with Crippen LogP contribution in [0.4, 0.5) is 0 Å². The Hall–Kier alpha value is 0.440. The first kappa shape index (κ1) is 8.06. The Morgan fingerprint density at radius 3 is 2.27 bits per heavy atom. The van der Waals surface area contributed by atoms with E-state index in [1.54, 1.807) is 0 Å². The zero-order valence-electron chi connectivity index (χ0n) is 6.77. The van der Waals surface area contributed by atoms with Gasteiger partial charge in [0.15, 0.2) is 0 Å².